The van der Waals surface area contributed by atoms with E-state index in [9.17, 15) is 4.79 Å². The van der Waals surface area contributed by atoms with Crippen molar-refractivity contribution < 1.29 is 9.53 Å². The first kappa shape index (κ1) is 13.5. The number of benzene rings is 1. The van der Waals surface area contributed by atoms with Crippen LogP contribution in [0.1, 0.15) is 24.8 Å². The molecule has 3 heterocycles. The Bertz CT molecular complexity index is 695. The first-order valence-electron chi connectivity index (χ1n) is 7.79. The lowest BCUT2D eigenvalue weighted by molar-refractivity contribution is -0.121. The van der Waals surface area contributed by atoms with Crippen LogP contribution in [-0.4, -0.2) is 27.9 Å². The zero-order valence-corrected chi connectivity index (χ0v) is 12.5. The summed E-state index contributed by atoms with van der Waals surface area (Å²) in [6.07, 6.45) is 5.09. The molecule has 0 saturated carbocycles. The van der Waals surface area contributed by atoms with Crippen LogP contribution in [0.2, 0.25) is 0 Å². The molecule has 0 unspecified atom stereocenters. The van der Waals surface area contributed by atoms with Crippen molar-refractivity contribution in [3.8, 4) is 5.69 Å². The van der Waals surface area contributed by atoms with Crippen LogP contribution >= 0.6 is 0 Å². The molecule has 2 fully saturated rings. The zero-order valence-electron chi connectivity index (χ0n) is 12.5. The highest BCUT2D eigenvalue weighted by Crippen LogP contribution is 2.39. The summed E-state index contributed by atoms with van der Waals surface area (Å²) in [7, 11) is 0. The van der Waals surface area contributed by atoms with Crippen LogP contribution in [0.3, 0.4) is 0 Å². The van der Waals surface area contributed by atoms with Crippen molar-refractivity contribution in [1.29, 1.82) is 0 Å². The smallest absolute Gasteiger partial charge is 0.231 e. The van der Waals surface area contributed by atoms with E-state index >= 15 is 0 Å². The Hall–Kier alpha value is -2.14. The zero-order chi connectivity index (χ0) is 15.1. The normalized spacial score (nSPS) is 26.3. The Morgan fingerprint density at radius 1 is 1.32 bits per heavy atom. The van der Waals surface area contributed by atoms with Crippen LogP contribution in [0.5, 0.6) is 0 Å². The third-order valence-corrected chi connectivity index (χ3v) is 4.64. The molecule has 4 rings (SSSR count). The molecule has 5 nitrogen and oxygen atoms in total. The summed E-state index contributed by atoms with van der Waals surface area (Å²) in [4.78, 5) is 12.6. The van der Waals surface area contributed by atoms with Crippen LogP contribution in [-0.2, 0) is 9.53 Å². The summed E-state index contributed by atoms with van der Waals surface area (Å²) in [5, 5.41) is 7.45. The van der Waals surface area contributed by atoms with Gasteiger partial charge >= 0.3 is 0 Å². The monoisotopic (exact) mass is 297 g/mol. The number of hydrogen-bond acceptors (Lipinski definition) is 3. The van der Waals surface area contributed by atoms with E-state index in [0.29, 0.717) is 0 Å². The number of ether oxygens (including phenoxy) is 1. The number of aromatic nitrogens is 2. The van der Waals surface area contributed by atoms with E-state index in [0.717, 1.165) is 36.3 Å². The first-order chi connectivity index (χ1) is 10.7. The van der Waals surface area contributed by atoms with Crippen molar-refractivity contribution in [2.45, 2.75) is 38.4 Å². The molecule has 1 amide bonds. The fraction of sp³-hybridized carbons (Fsp3) is 0.412. The molecular weight excluding hydrogens is 278 g/mol. The van der Waals surface area contributed by atoms with Gasteiger partial charge in [0.25, 0.3) is 0 Å². The molecule has 1 N–H and O–H groups in total. The molecule has 2 saturated heterocycles. The minimum atomic E-state index is -0.0303. The Kier molecular flexibility index (Phi) is 3.22. The number of rotatable bonds is 3. The lowest BCUT2D eigenvalue weighted by atomic mass is 9.88. The number of nitrogens with one attached hydrogen (secondary N) is 1. The fourth-order valence-corrected chi connectivity index (χ4v) is 3.47. The Labute approximate surface area is 129 Å². The molecule has 1 aromatic heterocycles. The van der Waals surface area contributed by atoms with E-state index in [4.69, 9.17) is 4.74 Å². The summed E-state index contributed by atoms with van der Waals surface area (Å²) < 4.78 is 7.57. The molecule has 2 aromatic rings. The Morgan fingerprint density at radius 2 is 2.14 bits per heavy atom. The lowest BCUT2D eigenvalue weighted by Crippen LogP contribution is -2.31. The van der Waals surface area contributed by atoms with Gasteiger partial charge in [0.2, 0.25) is 5.91 Å². The van der Waals surface area contributed by atoms with Crippen molar-refractivity contribution in [2.24, 2.45) is 5.92 Å². The lowest BCUT2D eigenvalue weighted by Gasteiger charge is -2.18. The molecule has 1 aromatic carbocycles. The highest BCUT2D eigenvalue weighted by atomic mass is 16.5. The number of anilines is 1. The van der Waals surface area contributed by atoms with Gasteiger partial charge in [0.05, 0.1) is 30.0 Å². The highest BCUT2D eigenvalue weighted by Gasteiger charge is 2.44. The van der Waals surface area contributed by atoms with E-state index in [1.54, 1.807) is 10.9 Å². The minimum Gasteiger partial charge on any atom is -0.374 e. The van der Waals surface area contributed by atoms with Gasteiger partial charge in [-0.15, -0.1) is 0 Å². The number of fused-ring (bicyclic) bond motifs is 2. The van der Waals surface area contributed by atoms with Crippen molar-refractivity contribution in [1.82, 2.24) is 9.78 Å². The van der Waals surface area contributed by atoms with Crippen molar-refractivity contribution >= 4 is 11.7 Å². The molecule has 0 aliphatic carbocycles. The van der Waals surface area contributed by atoms with Gasteiger partial charge in [-0.1, -0.05) is 18.2 Å². The van der Waals surface area contributed by atoms with Gasteiger partial charge in [-0.25, -0.2) is 4.68 Å². The second-order valence-corrected chi connectivity index (χ2v) is 6.13. The number of aryl methyl sites for hydroxylation is 1. The maximum absolute atomic E-state index is 12.6. The summed E-state index contributed by atoms with van der Waals surface area (Å²) in [5.74, 6) is 0.768. The van der Waals surface area contributed by atoms with Crippen molar-refractivity contribution in [2.75, 3.05) is 5.32 Å². The molecule has 22 heavy (non-hydrogen) atoms. The number of amides is 1. The molecule has 0 radical (unpaired) electrons. The first-order valence-corrected chi connectivity index (χ1v) is 7.79. The number of para-hydroxylation sites is 1. The van der Waals surface area contributed by atoms with Crippen LogP contribution < -0.4 is 5.32 Å². The average Bonchev–Trinajstić information content (AvgIpc) is 3.25. The van der Waals surface area contributed by atoms with E-state index in [2.05, 4.69) is 10.4 Å². The van der Waals surface area contributed by atoms with Crippen molar-refractivity contribution in [3.63, 3.8) is 0 Å². The standard InChI is InChI=1S/C17H19N3O2/c1-11-10-18-20(12-5-3-2-4-6-12)16(11)19-17(21)14-9-13-7-8-15(14)22-13/h2-6,10,13-15H,7-9H2,1H3,(H,19,21)/t13-,14-,15+/m1/s1. The van der Waals surface area contributed by atoms with Gasteiger partial charge in [-0.2, -0.15) is 5.10 Å². The molecule has 3 atom stereocenters. The minimum absolute atomic E-state index is 0.0303. The van der Waals surface area contributed by atoms with Gasteiger partial charge in [0.1, 0.15) is 5.82 Å². The van der Waals surface area contributed by atoms with Crippen LogP contribution in [0.4, 0.5) is 5.82 Å². The third-order valence-electron chi connectivity index (χ3n) is 4.64. The topological polar surface area (TPSA) is 56.2 Å². The quantitative estimate of drug-likeness (QED) is 0.947. The number of hydrogen-bond donors (Lipinski definition) is 1. The molecule has 2 bridgehead atoms. The highest BCUT2D eigenvalue weighted by molar-refractivity contribution is 5.93. The van der Waals surface area contributed by atoms with E-state index in [1.165, 1.54) is 0 Å². The fourth-order valence-electron chi connectivity index (χ4n) is 3.47. The van der Waals surface area contributed by atoms with Crippen LogP contribution in [0, 0.1) is 12.8 Å². The maximum Gasteiger partial charge on any atom is 0.231 e. The second-order valence-electron chi connectivity index (χ2n) is 6.13. The van der Waals surface area contributed by atoms with Gasteiger partial charge in [0, 0.05) is 5.56 Å². The number of carbonyl (C=O) groups is 1. The molecule has 5 heteroatoms. The Balaban J connectivity index is 1.58. The van der Waals surface area contributed by atoms with Gasteiger partial charge in [-0.3, -0.25) is 4.79 Å². The van der Waals surface area contributed by atoms with Gasteiger partial charge in [0.15, 0.2) is 0 Å². The average molecular weight is 297 g/mol. The van der Waals surface area contributed by atoms with E-state index in [-0.39, 0.29) is 24.0 Å². The molecule has 0 spiro atoms. The molecule has 114 valence electrons. The number of carbonyl (C=O) groups excluding carboxylic acids is 1. The summed E-state index contributed by atoms with van der Waals surface area (Å²) in [6, 6.07) is 9.83. The number of nitrogens with zero attached hydrogens (tertiary/aromatic N) is 2. The SMILES string of the molecule is Cc1cnn(-c2ccccc2)c1NC(=O)[C@@H]1C[C@H]2CC[C@@H]1O2. The van der Waals surface area contributed by atoms with E-state index < -0.39 is 0 Å². The van der Waals surface area contributed by atoms with Crippen molar-refractivity contribution in [3.05, 3.63) is 42.1 Å². The summed E-state index contributed by atoms with van der Waals surface area (Å²) >= 11 is 0. The molecule has 2 aliphatic heterocycles. The maximum atomic E-state index is 12.6. The summed E-state index contributed by atoms with van der Waals surface area (Å²) in [5.41, 5.74) is 1.90. The molecular formula is C17H19N3O2. The Morgan fingerprint density at radius 3 is 2.82 bits per heavy atom. The summed E-state index contributed by atoms with van der Waals surface area (Å²) in [6.45, 7) is 1.96. The van der Waals surface area contributed by atoms with Gasteiger partial charge < -0.3 is 10.1 Å². The van der Waals surface area contributed by atoms with Crippen LogP contribution in [0.25, 0.3) is 5.69 Å². The second kappa shape index (κ2) is 5.25. The van der Waals surface area contributed by atoms with Crippen LogP contribution in [0.15, 0.2) is 36.5 Å². The third kappa shape index (κ3) is 2.22. The van der Waals surface area contributed by atoms with Gasteiger partial charge in [-0.05, 0) is 38.3 Å². The molecule has 2 aliphatic rings. The largest absolute Gasteiger partial charge is 0.374 e. The van der Waals surface area contributed by atoms with E-state index in [1.807, 2.05) is 37.3 Å². The predicted molar refractivity (Wildman–Crippen MR) is 82.9 cm³/mol. The predicted octanol–water partition coefficient (Wildman–Crippen LogP) is 2.69.